The van der Waals surface area contributed by atoms with Crippen LogP contribution >= 0.6 is 0 Å². The quantitative estimate of drug-likeness (QED) is 0.869. The Labute approximate surface area is 109 Å². The highest BCUT2D eigenvalue weighted by Gasteiger charge is 2.07. The van der Waals surface area contributed by atoms with Crippen molar-refractivity contribution in [3.63, 3.8) is 0 Å². The standard InChI is InChI=1S/C12H13N5O2/c1-3-17-15-12(14-16-17)13-11(18)8-19-10-6-4-9(2)5-7-10/h3-7H,1,8H2,2H3,(H,13,15,18). The number of nitrogens with zero attached hydrogens (tertiary/aromatic N) is 4. The second-order valence-corrected chi connectivity index (χ2v) is 3.77. The predicted molar refractivity (Wildman–Crippen MR) is 69.5 cm³/mol. The first kappa shape index (κ1) is 12.7. The van der Waals surface area contributed by atoms with E-state index in [0.717, 1.165) is 10.4 Å². The van der Waals surface area contributed by atoms with Crippen LogP contribution in [0.2, 0.25) is 0 Å². The van der Waals surface area contributed by atoms with Gasteiger partial charge in [0, 0.05) is 6.20 Å². The van der Waals surface area contributed by atoms with Crippen LogP contribution in [0.5, 0.6) is 5.75 Å². The van der Waals surface area contributed by atoms with E-state index in [0.29, 0.717) is 5.75 Å². The smallest absolute Gasteiger partial charge is 0.270 e. The van der Waals surface area contributed by atoms with Gasteiger partial charge in [-0.15, -0.1) is 9.90 Å². The molecule has 1 amide bonds. The Morgan fingerprint density at radius 1 is 1.47 bits per heavy atom. The molecule has 0 aliphatic carbocycles. The van der Waals surface area contributed by atoms with Gasteiger partial charge >= 0.3 is 0 Å². The lowest BCUT2D eigenvalue weighted by Gasteiger charge is -2.05. The maximum atomic E-state index is 11.6. The molecule has 0 aliphatic rings. The molecule has 1 aromatic heterocycles. The molecule has 7 nitrogen and oxygen atoms in total. The third kappa shape index (κ3) is 3.63. The summed E-state index contributed by atoms with van der Waals surface area (Å²) in [7, 11) is 0. The van der Waals surface area contributed by atoms with Crippen LogP contribution in [-0.4, -0.2) is 32.7 Å². The summed E-state index contributed by atoms with van der Waals surface area (Å²) in [5.41, 5.74) is 1.13. The second-order valence-electron chi connectivity index (χ2n) is 3.77. The van der Waals surface area contributed by atoms with Crippen molar-refractivity contribution in [1.29, 1.82) is 0 Å². The number of nitrogens with one attached hydrogen (secondary N) is 1. The zero-order valence-corrected chi connectivity index (χ0v) is 10.4. The summed E-state index contributed by atoms with van der Waals surface area (Å²) >= 11 is 0. The first-order valence-electron chi connectivity index (χ1n) is 5.59. The van der Waals surface area contributed by atoms with E-state index in [1.54, 1.807) is 12.1 Å². The number of rotatable bonds is 5. The fourth-order valence-electron chi connectivity index (χ4n) is 1.30. The SMILES string of the molecule is C=Cn1nnc(NC(=O)COc2ccc(C)cc2)n1. The number of aromatic nitrogens is 4. The van der Waals surface area contributed by atoms with Crippen LogP contribution < -0.4 is 10.1 Å². The molecule has 7 heteroatoms. The van der Waals surface area contributed by atoms with Gasteiger partial charge < -0.3 is 4.74 Å². The molecule has 0 bridgehead atoms. The lowest BCUT2D eigenvalue weighted by Crippen LogP contribution is -2.21. The average Bonchev–Trinajstić information content (AvgIpc) is 2.86. The van der Waals surface area contributed by atoms with Crippen LogP contribution in [0, 0.1) is 6.92 Å². The van der Waals surface area contributed by atoms with Gasteiger partial charge in [-0.05, 0) is 24.3 Å². The molecule has 0 radical (unpaired) electrons. The molecule has 0 spiro atoms. The van der Waals surface area contributed by atoms with E-state index in [1.165, 1.54) is 6.20 Å². The summed E-state index contributed by atoms with van der Waals surface area (Å²) in [4.78, 5) is 12.7. The summed E-state index contributed by atoms with van der Waals surface area (Å²) in [5, 5.41) is 13.5. The van der Waals surface area contributed by atoms with Crippen molar-refractivity contribution in [3.05, 3.63) is 36.4 Å². The molecule has 1 aromatic carbocycles. The summed E-state index contributed by atoms with van der Waals surface area (Å²) in [6.07, 6.45) is 1.37. The molecule has 19 heavy (non-hydrogen) atoms. The van der Waals surface area contributed by atoms with Crippen molar-refractivity contribution < 1.29 is 9.53 Å². The molecular formula is C12H13N5O2. The maximum Gasteiger partial charge on any atom is 0.270 e. The molecular weight excluding hydrogens is 246 g/mol. The van der Waals surface area contributed by atoms with E-state index in [4.69, 9.17) is 4.74 Å². The fourth-order valence-corrected chi connectivity index (χ4v) is 1.30. The number of anilines is 1. The van der Waals surface area contributed by atoms with Gasteiger partial charge in [0.2, 0.25) is 0 Å². The van der Waals surface area contributed by atoms with Gasteiger partial charge in [0.15, 0.2) is 6.61 Å². The van der Waals surface area contributed by atoms with Gasteiger partial charge in [-0.3, -0.25) is 10.1 Å². The van der Waals surface area contributed by atoms with Crippen molar-refractivity contribution in [2.45, 2.75) is 6.92 Å². The van der Waals surface area contributed by atoms with Crippen molar-refractivity contribution in [2.75, 3.05) is 11.9 Å². The molecule has 1 N–H and O–H groups in total. The summed E-state index contributed by atoms with van der Waals surface area (Å²) < 4.78 is 5.31. The number of carbonyl (C=O) groups is 1. The van der Waals surface area contributed by atoms with Gasteiger partial charge in [0.1, 0.15) is 5.75 Å². The maximum absolute atomic E-state index is 11.6. The highest BCUT2D eigenvalue weighted by Crippen LogP contribution is 2.11. The van der Waals surface area contributed by atoms with Gasteiger partial charge in [0.05, 0.1) is 0 Å². The molecule has 0 saturated carbocycles. The highest BCUT2D eigenvalue weighted by molar-refractivity contribution is 5.90. The van der Waals surface area contributed by atoms with Gasteiger partial charge in [-0.2, -0.15) is 0 Å². The number of aryl methyl sites for hydroxylation is 1. The first-order chi connectivity index (χ1) is 9.17. The largest absolute Gasteiger partial charge is 0.484 e. The summed E-state index contributed by atoms with van der Waals surface area (Å²) in [5.74, 6) is 0.380. The van der Waals surface area contributed by atoms with Gasteiger partial charge in [0.25, 0.3) is 11.9 Å². The van der Waals surface area contributed by atoms with Crippen molar-refractivity contribution in [2.24, 2.45) is 0 Å². The molecule has 0 unspecified atom stereocenters. The summed E-state index contributed by atoms with van der Waals surface area (Å²) in [6.45, 7) is 5.32. The molecule has 0 fully saturated rings. The minimum absolute atomic E-state index is 0.109. The van der Waals surface area contributed by atoms with Crippen LogP contribution in [0.3, 0.4) is 0 Å². The van der Waals surface area contributed by atoms with Crippen LogP contribution in [0.1, 0.15) is 5.56 Å². The van der Waals surface area contributed by atoms with E-state index in [9.17, 15) is 4.79 Å². The van der Waals surface area contributed by atoms with E-state index < -0.39 is 0 Å². The third-order valence-electron chi connectivity index (χ3n) is 2.23. The van der Waals surface area contributed by atoms with Crippen molar-refractivity contribution >= 4 is 18.1 Å². The molecule has 0 saturated heterocycles. The number of ether oxygens (including phenoxy) is 1. The molecule has 0 aliphatic heterocycles. The molecule has 0 atom stereocenters. The Morgan fingerprint density at radius 2 is 2.21 bits per heavy atom. The average molecular weight is 259 g/mol. The Bertz CT molecular complexity index is 576. The minimum atomic E-state index is -0.357. The number of hydrogen-bond donors (Lipinski definition) is 1. The molecule has 1 heterocycles. The normalized spacial score (nSPS) is 9.95. The molecule has 98 valence electrons. The highest BCUT2D eigenvalue weighted by atomic mass is 16.5. The minimum Gasteiger partial charge on any atom is -0.484 e. The van der Waals surface area contributed by atoms with Crippen LogP contribution in [0.4, 0.5) is 5.95 Å². The third-order valence-corrected chi connectivity index (χ3v) is 2.23. The van der Waals surface area contributed by atoms with E-state index >= 15 is 0 Å². The zero-order valence-electron chi connectivity index (χ0n) is 10.4. The fraction of sp³-hybridized carbons (Fsp3) is 0.167. The molecule has 2 aromatic rings. The lowest BCUT2D eigenvalue weighted by atomic mass is 10.2. The van der Waals surface area contributed by atoms with E-state index in [-0.39, 0.29) is 18.5 Å². The van der Waals surface area contributed by atoms with Crippen LogP contribution in [0.15, 0.2) is 30.8 Å². The number of amides is 1. The molecule has 2 rings (SSSR count). The second kappa shape index (κ2) is 5.76. The Morgan fingerprint density at radius 3 is 2.84 bits per heavy atom. The van der Waals surface area contributed by atoms with Crippen LogP contribution in [-0.2, 0) is 4.79 Å². The van der Waals surface area contributed by atoms with Crippen molar-refractivity contribution in [3.8, 4) is 5.75 Å². The number of carbonyl (C=O) groups excluding carboxylic acids is 1. The van der Waals surface area contributed by atoms with Crippen LogP contribution in [0.25, 0.3) is 6.20 Å². The Kier molecular flexibility index (Phi) is 3.87. The van der Waals surface area contributed by atoms with Gasteiger partial charge in [-0.1, -0.05) is 29.4 Å². The zero-order chi connectivity index (χ0) is 13.7. The predicted octanol–water partition coefficient (Wildman–Crippen LogP) is 1.10. The Balaban J connectivity index is 1.84. The Hall–Kier alpha value is -2.70. The lowest BCUT2D eigenvalue weighted by molar-refractivity contribution is -0.118. The van der Waals surface area contributed by atoms with E-state index in [1.807, 2.05) is 19.1 Å². The topological polar surface area (TPSA) is 81.9 Å². The summed E-state index contributed by atoms with van der Waals surface area (Å²) in [6, 6.07) is 7.42. The first-order valence-corrected chi connectivity index (χ1v) is 5.59. The number of tetrazole rings is 1. The van der Waals surface area contributed by atoms with Crippen molar-refractivity contribution in [1.82, 2.24) is 20.2 Å². The van der Waals surface area contributed by atoms with E-state index in [2.05, 4.69) is 27.3 Å². The monoisotopic (exact) mass is 259 g/mol. The number of hydrogen-bond acceptors (Lipinski definition) is 5. The number of benzene rings is 1. The van der Waals surface area contributed by atoms with Gasteiger partial charge in [-0.25, -0.2) is 0 Å².